The van der Waals surface area contributed by atoms with E-state index >= 15 is 0 Å². The fourth-order valence-electron chi connectivity index (χ4n) is 2.98. The van der Waals surface area contributed by atoms with Crippen LogP contribution in [-0.2, 0) is 4.79 Å². The zero-order valence-electron chi connectivity index (χ0n) is 10.4. The van der Waals surface area contributed by atoms with Crippen LogP contribution in [0.4, 0.5) is 0 Å². The summed E-state index contributed by atoms with van der Waals surface area (Å²) in [5.41, 5.74) is 0. The summed E-state index contributed by atoms with van der Waals surface area (Å²) in [6.07, 6.45) is 8.74. The summed E-state index contributed by atoms with van der Waals surface area (Å²) < 4.78 is 0. The second kappa shape index (κ2) is 5.67. The quantitative estimate of drug-likeness (QED) is 0.725. The molecule has 1 saturated heterocycles. The molecule has 3 nitrogen and oxygen atoms in total. The van der Waals surface area contributed by atoms with Gasteiger partial charge in [-0.1, -0.05) is 25.7 Å². The highest BCUT2D eigenvalue weighted by Gasteiger charge is 2.29. The molecule has 2 aliphatic rings. The number of hydrogen-bond acceptors (Lipinski definition) is 2. The van der Waals surface area contributed by atoms with Gasteiger partial charge in [0.15, 0.2) is 0 Å². The van der Waals surface area contributed by atoms with Crippen LogP contribution in [0, 0.1) is 5.92 Å². The van der Waals surface area contributed by atoms with Crippen molar-refractivity contribution in [2.45, 2.75) is 51.0 Å². The molecule has 16 heavy (non-hydrogen) atoms. The Morgan fingerprint density at radius 1 is 1.12 bits per heavy atom. The van der Waals surface area contributed by atoms with Gasteiger partial charge in [0.1, 0.15) is 0 Å². The summed E-state index contributed by atoms with van der Waals surface area (Å²) in [7, 11) is 2.01. The maximum absolute atomic E-state index is 12.2. The van der Waals surface area contributed by atoms with E-state index < -0.39 is 0 Å². The minimum Gasteiger partial charge on any atom is -0.342 e. The molecule has 1 N–H and O–H groups in total. The Bertz CT molecular complexity index is 228. The zero-order chi connectivity index (χ0) is 11.4. The van der Waals surface area contributed by atoms with E-state index in [1.807, 2.05) is 11.9 Å². The van der Waals surface area contributed by atoms with E-state index in [4.69, 9.17) is 0 Å². The predicted molar refractivity (Wildman–Crippen MR) is 65.2 cm³/mol. The minimum atomic E-state index is 0.244. The van der Waals surface area contributed by atoms with Crippen molar-refractivity contribution < 1.29 is 4.79 Å². The lowest BCUT2D eigenvalue weighted by Crippen LogP contribution is -2.41. The monoisotopic (exact) mass is 224 g/mol. The van der Waals surface area contributed by atoms with Gasteiger partial charge in [-0.05, 0) is 25.8 Å². The highest BCUT2D eigenvalue weighted by molar-refractivity contribution is 5.79. The van der Waals surface area contributed by atoms with Crippen LogP contribution < -0.4 is 5.32 Å². The Morgan fingerprint density at radius 3 is 2.38 bits per heavy atom. The lowest BCUT2D eigenvalue weighted by molar-refractivity contribution is -0.135. The van der Waals surface area contributed by atoms with Crippen molar-refractivity contribution in [3.05, 3.63) is 0 Å². The van der Waals surface area contributed by atoms with Crippen LogP contribution in [-0.4, -0.2) is 37.0 Å². The van der Waals surface area contributed by atoms with Gasteiger partial charge in [0.2, 0.25) is 5.91 Å². The fraction of sp³-hybridized carbons (Fsp3) is 0.923. The molecule has 1 atom stereocenters. The fourth-order valence-corrected chi connectivity index (χ4v) is 2.98. The molecule has 0 aromatic rings. The third-order valence-corrected chi connectivity index (χ3v) is 4.13. The van der Waals surface area contributed by atoms with Crippen LogP contribution in [0.25, 0.3) is 0 Å². The number of hydrogen-bond donors (Lipinski definition) is 1. The smallest absolute Gasteiger partial charge is 0.227 e. The Hall–Kier alpha value is -0.570. The van der Waals surface area contributed by atoms with Gasteiger partial charge < -0.3 is 10.2 Å². The molecule has 2 fully saturated rings. The van der Waals surface area contributed by atoms with Crippen LogP contribution in [0.15, 0.2) is 0 Å². The third kappa shape index (κ3) is 2.76. The molecule has 1 heterocycles. The lowest BCUT2D eigenvalue weighted by Gasteiger charge is -2.29. The summed E-state index contributed by atoms with van der Waals surface area (Å²) >= 11 is 0. The minimum absolute atomic E-state index is 0.244. The van der Waals surface area contributed by atoms with Gasteiger partial charge in [0.25, 0.3) is 0 Å². The maximum atomic E-state index is 12.2. The lowest BCUT2D eigenvalue weighted by atomic mass is 10.0. The van der Waals surface area contributed by atoms with Crippen molar-refractivity contribution in [3.8, 4) is 0 Å². The van der Waals surface area contributed by atoms with Crippen LogP contribution in [0.5, 0.6) is 0 Å². The van der Waals surface area contributed by atoms with Gasteiger partial charge in [-0.2, -0.15) is 0 Å². The van der Waals surface area contributed by atoms with E-state index in [1.54, 1.807) is 0 Å². The molecule has 2 rings (SSSR count). The Kier molecular flexibility index (Phi) is 4.22. The van der Waals surface area contributed by atoms with Gasteiger partial charge in [-0.25, -0.2) is 0 Å². The van der Waals surface area contributed by atoms with Gasteiger partial charge in [0.05, 0.1) is 5.92 Å². The Balaban J connectivity index is 1.88. The van der Waals surface area contributed by atoms with Crippen LogP contribution in [0.1, 0.15) is 44.9 Å². The molecule has 0 aromatic carbocycles. The van der Waals surface area contributed by atoms with Crippen molar-refractivity contribution in [3.63, 3.8) is 0 Å². The van der Waals surface area contributed by atoms with Gasteiger partial charge in [0, 0.05) is 19.6 Å². The average Bonchev–Trinajstić information content (AvgIpc) is 2.70. The first-order valence-corrected chi connectivity index (χ1v) is 6.76. The molecule has 1 aliphatic heterocycles. The SMILES string of the molecule is CN(C(=O)C1CCNC1)C1CCCCCC1. The number of rotatable bonds is 2. The van der Waals surface area contributed by atoms with E-state index in [-0.39, 0.29) is 5.92 Å². The number of carbonyl (C=O) groups is 1. The largest absolute Gasteiger partial charge is 0.342 e. The molecular weight excluding hydrogens is 200 g/mol. The Labute approximate surface area is 98.6 Å². The van der Waals surface area contributed by atoms with Crippen molar-refractivity contribution in [1.82, 2.24) is 10.2 Å². The first-order valence-electron chi connectivity index (χ1n) is 6.76. The second-order valence-corrected chi connectivity index (χ2v) is 5.28. The van der Waals surface area contributed by atoms with E-state index in [9.17, 15) is 4.79 Å². The standard InChI is InChI=1S/C13H24N2O/c1-15(12-6-4-2-3-5-7-12)13(16)11-8-9-14-10-11/h11-12,14H,2-10H2,1H3. The van der Waals surface area contributed by atoms with Crippen LogP contribution in [0.2, 0.25) is 0 Å². The first kappa shape index (κ1) is 11.9. The molecule has 1 aliphatic carbocycles. The van der Waals surface area contributed by atoms with E-state index in [0.717, 1.165) is 19.5 Å². The molecule has 1 unspecified atom stereocenters. The highest BCUT2D eigenvalue weighted by atomic mass is 16.2. The summed E-state index contributed by atoms with van der Waals surface area (Å²) in [6.45, 7) is 1.89. The average molecular weight is 224 g/mol. The molecule has 0 bridgehead atoms. The van der Waals surface area contributed by atoms with Crippen LogP contribution >= 0.6 is 0 Å². The molecule has 1 amide bonds. The molecule has 0 spiro atoms. The van der Waals surface area contributed by atoms with Gasteiger partial charge >= 0.3 is 0 Å². The van der Waals surface area contributed by atoms with E-state index in [2.05, 4.69) is 5.32 Å². The first-order chi connectivity index (χ1) is 7.79. The molecule has 1 saturated carbocycles. The van der Waals surface area contributed by atoms with E-state index in [0.29, 0.717) is 11.9 Å². The van der Waals surface area contributed by atoms with Crippen molar-refractivity contribution in [2.24, 2.45) is 5.92 Å². The van der Waals surface area contributed by atoms with Crippen molar-refractivity contribution in [1.29, 1.82) is 0 Å². The maximum Gasteiger partial charge on any atom is 0.227 e. The summed E-state index contributed by atoms with van der Waals surface area (Å²) in [6, 6.07) is 0.510. The number of amides is 1. The highest BCUT2D eigenvalue weighted by Crippen LogP contribution is 2.23. The molecule has 3 heteroatoms. The molecule has 0 aromatic heterocycles. The number of carbonyl (C=O) groups excluding carboxylic acids is 1. The molecule has 92 valence electrons. The summed E-state index contributed by atoms with van der Waals surface area (Å²) in [5.74, 6) is 0.616. The van der Waals surface area contributed by atoms with Crippen LogP contribution in [0.3, 0.4) is 0 Å². The predicted octanol–water partition coefficient (Wildman–Crippen LogP) is 1.78. The molecule has 0 radical (unpaired) electrons. The number of nitrogens with one attached hydrogen (secondary N) is 1. The summed E-state index contributed by atoms with van der Waals surface area (Å²) in [5, 5.41) is 3.28. The Morgan fingerprint density at radius 2 is 1.81 bits per heavy atom. The number of nitrogens with zero attached hydrogens (tertiary/aromatic N) is 1. The molecular formula is C13H24N2O. The topological polar surface area (TPSA) is 32.3 Å². The van der Waals surface area contributed by atoms with Crippen molar-refractivity contribution >= 4 is 5.91 Å². The third-order valence-electron chi connectivity index (χ3n) is 4.13. The van der Waals surface area contributed by atoms with Gasteiger partial charge in [-0.3, -0.25) is 4.79 Å². The zero-order valence-corrected chi connectivity index (χ0v) is 10.4. The van der Waals surface area contributed by atoms with Crippen molar-refractivity contribution in [2.75, 3.05) is 20.1 Å². The second-order valence-electron chi connectivity index (χ2n) is 5.28. The normalized spacial score (nSPS) is 27.7. The van der Waals surface area contributed by atoms with E-state index in [1.165, 1.54) is 38.5 Å². The summed E-state index contributed by atoms with van der Waals surface area (Å²) in [4.78, 5) is 14.3. The van der Waals surface area contributed by atoms with Gasteiger partial charge in [-0.15, -0.1) is 0 Å².